The van der Waals surface area contributed by atoms with E-state index in [1.54, 1.807) is 6.07 Å². The third-order valence-corrected chi connectivity index (χ3v) is 5.22. The van der Waals surface area contributed by atoms with Gasteiger partial charge in [0.1, 0.15) is 11.5 Å². The lowest BCUT2D eigenvalue weighted by atomic mass is 9.82. The lowest BCUT2D eigenvalue weighted by Crippen LogP contribution is -2.42. The second-order valence-electron chi connectivity index (χ2n) is 6.76. The molecule has 25 heavy (non-hydrogen) atoms. The van der Waals surface area contributed by atoms with Crippen LogP contribution in [0.2, 0.25) is 0 Å². The van der Waals surface area contributed by atoms with Gasteiger partial charge < -0.3 is 19.6 Å². The number of nitrogens with one attached hydrogen (secondary N) is 1. The Bertz CT molecular complexity index is 866. The molecule has 1 fully saturated rings. The molecule has 1 saturated carbocycles. The average Bonchev–Trinajstić information content (AvgIpc) is 3.30. The van der Waals surface area contributed by atoms with Crippen molar-refractivity contribution < 1.29 is 19.1 Å². The molecule has 2 aromatic rings. The van der Waals surface area contributed by atoms with Crippen molar-refractivity contribution >= 4 is 17.6 Å². The van der Waals surface area contributed by atoms with E-state index in [1.165, 1.54) is 0 Å². The minimum absolute atomic E-state index is 0.0362. The van der Waals surface area contributed by atoms with Crippen LogP contribution in [0, 0.1) is 30.6 Å². The summed E-state index contributed by atoms with van der Waals surface area (Å²) >= 11 is 0. The molecule has 0 saturated heterocycles. The topological polar surface area (TPSA) is 82.4 Å². The number of amides is 1. The average molecular weight is 336 g/mol. The molecule has 2 bridgehead atoms. The molecule has 2 aliphatic carbocycles. The number of para-hydroxylation sites is 1. The van der Waals surface area contributed by atoms with Crippen molar-refractivity contribution in [3.63, 3.8) is 0 Å². The second-order valence-corrected chi connectivity index (χ2v) is 6.76. The van der Waals surface area contributed by atoms with E-state index in [0.29, 0.717) is 17.9 Å². The minimum Gasteiger partial charge on any atom is -0.550 e. The number of carboxylic acid groups (broad SMARTS) is 1. The fourth-order valence-electron chi connectivity index (χ4n) is 4.10. The van der Waals surface area contributed by atoms with Crippen LogP contribution in [-0.4, -0.2) is 11.9 Å². The zero-order valence-corrected chi connectivity index (χ0v) is 13.8. The van der Waals surface area contributed by atoms with Crippen LogP contribution in [0.3, 0.4) is 0 Å². The van der Waals surface area contributed by atoms with E-state index in [2.05, 4.69) is 5.32 Å². The standard InChI is InChI=1S/C20H19NO4/c1-11-6-9-16(25-11)14-4-2-3-5-15(14)21-19(22)17-12-7-8-13(10-12)18(17)20(23)24/h2-9,12-13,17-18H,10H2,1H3,(H,21,22)(H,23,24)/p-1/t12-,13+,17-,18+/m1/s1. The maximum absolute atomic E-state index is 12.8. The van der Waals surface area contributed by atoms with E-state index in [9.17, 15) is 14.7 Å². The lowest BCUT2D eigenvalue weighted by Gasteiger charge is -2.28. The summed E-state index contributed by atoms with van der Waals surface area (Å²) in [6.45, 7) is 1.86. The van der Waals surface area contributed by atoms with E-state index in [-0.39, 0.29) is 17.7 Å². The number of anilines is 1. The number of benzene rings is 1. The number of hydrogen-bond acceptors (Lipinski definition) is 4. The summed E-state index contributed by atoms with van der Waals surface area (Å²) in [4.78, 5) is 24.4. The summed E-state index contributed by atoms with van der Waals surface area (Å²) in [6.07, 6.45) is 4.56. The molecule has 1 N–H and O–H groups in total. The highest BCUT2D eigenvalue weighted by Crippen LogP contribution is 2.48. The third-order valence-electron chi connectivity index (χ3n) is 5.22. The monoisotopic (exact) mass is 336 g/mol. The highest BCUT2D eigenvalue weighted by Gasteiger charge is 2.48. The quantitative estimate of drug-likeness (QED) is 0.869. The van der Waals surface area contributed by atoms with Gasteiger partial charge in [-0.1, -0.05) is 24.3 Å². The largest absolute Gasteiger partial charge is 0.550 e. The number of aryl methyl sites for hydroxylation is 1. The number of carbonyl (C=O) groups excluding carboxylic acids is 2. The maximum Gasteiger partial charge on any atom is 0.228 e. The lowest BCUT2D eigenvalue weighted by molar-refractivity contribution is -0.313. The highest BCUT2D eigenvalue weighted by atomic mass is 16.4. The van der Waals surface area contributed by atoms with Gasteiger partial charge in [0.15, 0.2) is 0 Å². The Kier molecular flexibility index (Phi) is 3.71. The van der Waals surface area contributed by atoms with Gasteiger partial charge in [-0.3, -0.25) is 4.79 Å². The van der Waals surface area contributed by atoms with E-state index < -0.39 is 17.8 Å². The van der Waals surface area contributed by atoms with Crippen LogP contribution in [0.1, 0.15) is 12.2 Å². The number of aliphatic carboxylic acids is 1. The molecule has 5 nitrogen and oxygen atoms in total. The van der Waals surface area contributed by atoms with Gasteiger partial charge in [0.2, 0.25) is 5.91 Å². The molecule has 1 aromatic carbocycles. The van der Waals surface area contributed by atoms with Gasteiger partial charge in [-0.2, -0.15) is 0 Å². The third kappa shape index (κ3) is 2.65. The van der Waals surface area contributed by atoms with Gasteiger partial charge in [0, 0.05) is 17.5 Å². The summed E-state index contributed by atoms with van der Waals surface area (Å²) < 4.78 is 5.66. The van der Waals surface area contributed by atoms with Crippen molar-refractivity contribution in [2.24, 2.45) is 23.7 Å². The first kappa shape index (κ1) is 15.7. The maximum atomic E-state index is 12.8. The molecule has 2 aliphatic rings. The molecule has 1 aromatic heterocycles. The van der Waals surface area contributed by atoms with Crippen molar-refractivity contribution in [1.82, 2.24) is 0 Å². The molecule has 4 rings (SSSR count). The molecular formula is C20H18NO4-. The Morgan fingerprint density at radius 2 is 1.80 bits per heavy atom. The Morgan fingerprint density at radius 1 is 1.08 bits per heavy atom. The van der Waals surface area contributed by atoms with Crippen LogP contribution in [0.5, 0.6) is 0 Å². The summed E-state index contributed by atoms with van der Waals surface area (Å²) in [6, 6.07) is 11.1. The van der Waals surface area contributed by atoms with Gasteiger partial charge in [-0.05, 0) is 49.4 Å². The molecular weight excluding hydrogens is 318 g/mol. The van der Waals surface area contributed by atoms with E-state index in [4.69, 9.17) is 4.42 Å². The van der Waals surface area contributed by atoms with Crippen molar-refractivity contribution in [2.45, 2.75) is 13.3 Å². The Balaban J connectivity index is 1.62. The summed E-state index contributed by atoms with van der Waals surface area (Å²) in [7, 11) is 0. The number of allylic oxidation sites excluding steroid dienone is 2. The number of carboxylic acids is 1. The highest BCUT2D eigenvalue weighted by molar-refractivity contribution is 5.99. The first-order chi connectivity index (χ1) is 12.0. The Labute approximate surface area is 145 Å². The second kappa shape index (κ2) is 5.92. The summed E-state index contributed by atoms with van der Waals surface area (Å²) in [5, 5.41) is 14.4. The predicted molar refractivity (Wildman–Crippen MR) is 90.2 cm³/mol. The van der Waals surface area contributed by atoms with Gasteiger partial charge in [-0.25, -0.2) is 0 Å². The number of carbonyl (C=O) groups is 2. The zero-order valence-electron chi connectivity index (χ0n) is 13.8. The number of fused-ring (bicyclic) bond motifs is 2. The van der Waals surface area contributed by atoms with Gasteiger partial charge in [0.25, 0.3) is 0 Å². The molecule has 128 valence electrons. The van der Waals surface area contributed by atoms with Crippen LogP contribution < -0.4 is 10.4 Å². The fourth-order valence-corrected chi connectivity index (χ4v) is 4.10. The number of furan rings is 1. The van der Waals surface area contributed by atoms with Crippen molar-refractivity contribution in [3.8, 4) is 11.3 Å². The number of rotatable bonds is 4. The zero-order chi connectivity index (χ0) is 17.6. The van der Waals surface area contributed by atoms with Crippen molar-refractivity contribution in [1.29, 1.82) is 0 Å². The van der Waals surface area contributed by atoms with Crippen LogP contribution in [0.4, 0.5) is 5.69 Å². The van der Waals surface area contributed by atoms with Crippen LogP contribution in [0.15, 0.2) is 53.0 Å². The first-order valence-corrected chi connectivity index (χ1v) is 8.40. The molecule has 4 atom stereocenters. The first-order valence-electron chi connectivity index (χ1n) is 8.40. The summed E-state index contributed by atoms with van der Waals surface area (Å²) in [5.41, 5.74) is 1.39. The predicted octanol–water partition coefficient (Wildman–Crippen LogP) is 2.38. The molecule has 0 unspecified atom stereocenters. The van der Waals surface area contributed by atoms with Crippen molar-refractivity contribution in [2.75, 3.05) is 5.32 Å². The molecule has 0 radical (unpaired) electrons. The van der Waals surface area contributed by atoms with E-state index >= 15 is 0 Å². The molecule has 5 heteroatoms. The fraction of sp³-hybridized carbons (Fsp3) is 0.300. The van der Waals surface area contributed by atoms with Crippen LogP contribution in [0.25, 0.3) is 11.3 Å². The molecule has 1 heterocycles. The Morgan fingerprint density at radius 3 is 2.48 bits per heavy atom. The SMILES string of the molecule is Cc1ccc(-c2ccccc2NC(=O)[C@H]2[C@@H](C(=O)[O-])[C@H]3C=C[C@@H]2C3)o1. The van der Waals surface area contributed by atoms with Gasteiger partial charge in [0.05, 0.1) is 11.6 Å². The number of hydrogen-bond donors (Lipinski definition) is 1. The van der Waals surface area contributed by atoms with Gasteiger partial charge in [-0.15, -0.1) is 0 Å². The molecule has 1 amide bonds. The van der Waals surface area contributed by atoms with Crippen molar-refractivity contribution in [3.05, 3.63) is 54.3 Å². The van der Waals surface area contributed by atoms with Crippen LogP contribution >= 0.6 is 0 Å². The normalized spacial score (nSPS) is 26.8. The smallest absolute Gasteiger partial charge is 0.228 e. The minimum atomic E-state index is -1.15. The molecule has 0 spiro atoms. The molecule has 0 aliphatic heterocycles. The van der Waals surface area contributed by atoms with Gasteiger partial charge >= 0.3 is 0 Å². The Hall–Kier alpha value is -2.82. The van der Waals surface area contributed by atoms with E-state index in [1.807, 2.05) is 49.4 Å². The summed E-state index contributed by atoms with van der Waals surface area (Å²) in [5.74, 6) is -1.46. The van der Waals surface area contributed by atoms with Crippen LogP contribution in [-0.2, 0) is 9.59 Å². The van der Waals surface area contributed by atoms with E-state index in [0.717, 1.165) is 11.3 Å².